The molecule has 0 saturated heterocycles. The first-order chi connectivity index (χ1) is 17.2. The van der Waals surface area contributed by atoms with Gasteiger partial charge in [-0.05, 0) is 48.4 Å². The molecule has 0 heterocycles. The topological polar surface area (TPSA) is 76.8 Å². The first kappa shape index (κ1) is 28.3. The minimum absolute atomic E-state index is 0.0594. The molecule has 0 aliphatic carbocycles. The summed E-state index contributed by atoms with van der Waals surface area (Å²) in [6, 6.07) is 14.0. The zero-order valence-electron chi connectivity index (χ0n) is 21.4. The molecule has 0 spiro atoms. The number of anilines is 1. The molecule has 0 aromatic heterocycles. The van der Waals surface area contributed by atoms with Gasteiger partial charge in [0.05, 0.1) is 23.4 Å². The van der Waals surface area contributed by atoms with Crippen LogP contribution in [-0.2, 0) is 0 Å². The molecule has 192 valence electrons. The van der Waals surface area contributed by atoms with Crippen LogP contribution in [0.1, 0.15) is 102 Å². The summed E-state index contributed by atoms with van der Waals surface area (Å²) < 4.78 is 5.86. The van der Waals surface area contributed by atoms with Crippen molar-refractivity contribution >= 4 is 17.6 Å². The number of ether oxygens (including phenoxy) is 1. The number of hydrazone groups is 1. The van der Waals surface area contributed by atoms with E-state index in [1.807, 2.05) is 24.3 Å². The first-order valence-corrected chi connectivity index (χ1v) is 13.5. The van der Waals surface area contributed by atoms with Crippen LogP contribution in [0.2, 0.25) is 0 Å². The van der Waals surface area contributed by atoms with Gasteiger partial charge in [0, 0.05) is 12.1 Å². The van der Waals surface area contributed by atoms with Crippen LogP contribution in [0.3, 0.4) is 0 Å². The molecule has 2 aromatic carbocycles. The summed E-state index contributed by atoms with van der Waals surface area (Å²) in [5.41, 5.74) is 4.57. The number of non-ortho nitro benzene ring substituents is 1. The highest BCUT2D eigenvalue weighted by molar-refractivity contribution is 5.80. The van der Waals surface area contributed by atoms with Gasteiger partial charge in [0.2, 0.25) is 0 Å². The van der Waals surface area contributed by atoms with Gasteiger partial charge in [-0.3, -0.25) is 15.5 Å². The molecule has 2 rings (SSSR count). The fraction of sp³-hybridized carbons (Fsp3) is 0.552. The smallest absolute Gasteiger partial charge is 0.269 e. The second kappa shape index (κ2) is 18.4. The van der Waals surface area contributed by atoms with Gasteiger partial charge in [0.25, 0.3) is 5.69 Å². The van der Waals surface area contributed by atoms with Gasteiger partial charge in [0.1, 0.15) is 5.75 Å². The number of unbranched alkanes of at least 4 members (excludes halogenated alkanes) is 13. The lowest BCUT2D eigenvalue weighted by Crippen LogP contribution is -1.97. The number of hydrogen-bond donors (Lipinski definition) is 1. The molecule has 1 N–H and O–H groups in total. The number of hydrogen-bond acceptors (Lipinski definition) is 5. The van der Waals surface area contributed by atoms with E-state index in [4.69, 9.17) is 4.74 Å². The minimum atomic E-state index is -0.421. The molecule has 0 atom stereocenters. The van der Waals surface area contributed by atoms with E-state index in [0.717, 1.165) is 24.3 Å². The zero-order chi connectivity index (χ0) is 25.0. The van der Waals surface area contributed by atoms with Crippen LogP contribution >= 0.6 is 0 Å². The Kier molecular flexibility index (Phi) is 14.9. The van der Waals surface area contributed by atoms with E-state index in [1.165, 1.54) is 95.6 Å². The van der Waals surface area contributed by atoms with Crippen molar-refractivity contribution in [3.8, 4) is 5.75 Å². The highest BCUT2D eigenvalue weighted by Gasteiger charge is 2.03. The Bertz CT molecular complexity index is 835. The van der Waals surface area contributed by atoms with E-state index in [1.54, 1.807) is 18.3 Å². The van der Waals surface area contributed by atoms with Crippen molar-refractivity contribution in [1.82, 2.24) is 0 Å². The molecule has 0 fully saturated rings. The maximum Gasteiger partial charge on any atom is 0.269 e. The number of benzene rings is 2. The molecule has 0 unspecified atom stereocenters. The van der Waals surface area contributed by atoms with Gasteiger partial charge < -0.3 is 4.74 Å². The van der Waals surface area contributed by atoms with Crippen LogP contribution in [0.25, 0.3) is 0 Å². The van der Waals surface area contributed by atoms with E-state index in [2.05, 4.69) is 17.5 Å². The van der Waals surface area contributed by atoms with Gasteiger partial charge >= 0.3 is 0 Å². The molecule has 0 saturated carbocycles. The molecule has 0 amide bonds. The van der Waals surface area contributed by atoms with Crippen LogP contribution in [-0.4, -0.2) is 17.7 Å². The summed E-state index contributed by atoms with van der Waals surface area (Å²) in [6.45, 7) is 3.03. The Morgan fingerprint density at radius 1 is 0.771 bits per heavy atom. The molecular weight excluding hydrogens is 438 g/mol. The monoisotopic (exact) mass is 481 g/mol. The Morgan fingerprint density at radius 3 is 1.80 bits per heavy atom. The van der Waals surface area contributed by atoms with Crippen molar-refractivity contribution in [3.63, 3.8) is 0 Å². The van der Waals surface area contributed by atoms with Crippen LogP contribution in [0.15, 0.2) is 53.6 Å². The molecule has 0 bridgehead atoms. The van der Waals surface area contributed by atoms with E-state index < -0.39 is 4.92 Å². The molecular formula is C29H43N3O3. The lowest BCUT2D eigenvalue weighted by Gasteiger charge is -2.07. The first-order valence-electron chi connectivity index (χ1n) is 13.5. The largest absolute Gasteiger partial charge is 0.494 e. The third kappa shape index (κ3) is 13.5. The molecule has 2 aromatic rings. The minimum Gasteiger partial charge on any atom is -0.494 e. The number of nitro groups is 1. The Hall–Kier alpha value is -2.89. The van der Waals surface area contributed by atoms with Crippen molar-refractivity contribution in [1.29, 1.82) is 0 Å². The average molecular weight is 482 g/mol. The van der Waals surface area contributed by atoms with Gasteiger partial charge in [0.15, 0.2) is 0 Å². The highest BCUT2D eigenvalue weighted by Crippen LogP contribution is 2.16. The lowest BCUT2D eigenvalue weighted by molar-refractivity contribution is -0.384. The average Bonchev–Trinajstić information content (AvgIpc) is 2.87. The van der Waals surface area contributed by atoms with Gasteiger partial charge in [-0.2, -0.15) is 5.10 Å². The number of nitro benzene ring substituents is 1. The molecule has 0 aliphatic rings. The summed E-state index contributed by atoms with van der Waals surface area (Å²) >= 11 is 0. The Labute approximate surface area is 211 Å². The number of nitrogens with one attached hydrogen (secondary N) is 1. The molecule has 0 aliphatic heterocycles. The van der Waals surface area contributed by atoms with Gasteiger partial charge in [-0.25, -0.2) is 0 Å². The summed E-state index contributed by atoms with van der Waals surface area (Å²) in [7, 11) is 0. The second-order valence-electron chi connectivity index (χ2n) is 9.19. The van der Waals surface area contributed by atoms with Gasteiger partial charge in [-0.15, -0.1) is 0 Å². The third-order valence-corrected chi connectivity index (χ3v) is 6.13. The van der Waals surface area contributed by atoms with Crippen LogP contribution in [0.4, 0.5) is 11.4 Å². The van der Waals surface area contributed by atoms with Crippen molar-refractivity contribution in [3.05, 3.63) is 64.2 Å². The lowest BCUT2D eigenvalue weighted by atomic mass is 10.0. The Morgan fingerprint density at radius 2 is 1.29 bits per heavy atom. The van der Waals surface area contributed by atoms with Crippen LogP contribution in [0.5, 0.6) is 5.75 Å². The van der Waals surface area contributed by atoms with E-state index in [-0.39, 0.29) is 5.69 Å². The number of nitrogens with zero attached hydrogens (tertiary/aromatic N) is 2. The second-order valence-corrected chi connectivity index (χ2v) is 9.19. The van der Waals surface area contributed by atoms with E-state index in [0.29, 0.717) is 5.69 Å². The predicted molar refractivity (Wildman–Crippen MR) is 147 cm³/mol. The fourth-order valence-corrected chi connectivity index (χ4v) is 3.98. The van der Waals surface area contributed by atoms with Crippen LogP contribution in [0, 0.1) is 10.1 Å². The summed E-state index contributed by atoms with van der Waals surface area (Å²) in [5, 5.41) is 14.9. The maximum absolute atomic E-state index is 10.7. The normalized spacial score (nSPS) is 11.1. The summed E-state index contributed by atoms with van der Waals surface area (Å²) in [5.74, 6) is 0.875. The SMILES string of the molecule is CCCCCCCCCCCCCCCCOc1ccc(C=NNc2ccc([N+](=O)[O-])cc2)cc1. The van der Waals surface area contributed by atoms with Crippen molar-refractivity contribution < 1.29 is 9.66 Å². The maximum atomic E-state index is 10.7. The van der Waals surface area contributed by atoms with Crippen molar-refractivity contribution in [2.45, 2.75) is 96.8 Å². The molecule has 6 heteroatoms. The predicted octanol–water partition coefficient (Wildman–Crippen LogP) is 8.90. The molecule has 0 radical (unpaired) electrons. The fourth-order valence-electron chi connectivity index (χ4n) is 3.98. The van der Waals surface area contributed by atoms with Crippen molar-refractivity contribution in [2.75, 3.05) is 12.0 Å². The zero-order valence-corrected chi connectivity index (χ0v) is 21.4. The third-order valence-electron chi connectivity index (χ3n) is 6.13. The van der Waals surface area contributed by atoms with Gasteiger partial charge in [-0.1, -0.05) is 90.4 Å². The highest BCUT2D eigenvalue weighted by atomic mass is 16.6. The van der Waals surface area contributed by atoms with E-state index >= 15 is 0 Å². The van der Waals surface area contributed by atoms with Crippen LogP contribution < -0.4 is 10.2 Å². The number of rotatable bonds is 20. The van der Waals surface area contributed by atoms with E-state index in [9.17, 15) is 10.1 Å². The Balaban J connectivity index is 1.45. The molecule has 6 nitrogen and oxygen atoms in total. The quantitative estimate of drug-likeness (QED) is 0.0886. The summed E-state index contributed by atoms with van der Waals surface area (Å²) in [4.78, 5) is 10.3. The summed E-state index contributed by atoms with van der Waals surface area (Å²) in [6.07, 6.45) is 20.7. The van der Waals surface area contributed by atoms with Crippen molar-refractivity contribution in [2.24, 2.45) is 5.10 Å². The molecule has 35 heavy (non-hydrogen) atoms. The standard InChI is InChI=1S/C29H43N3O3/c1-2-3-4-5-6-7-8-9-10-11-12-13-14-15-24-35-29-22-16-26(17-23-29)25-30-31-27-18-20-28(21-19-27)32(33)34/h16-23,25,31H,2-15,24H2,1H3.